The number of thiophene rings is 1. The predicted octanol–water partition coefficient (Wildman–Crippen LogP) is 3.62. The quantitative estimate of drug-likeness (QED) is 0.878. The Labute approximate surface area is 117 Å². The highest BCUT2D eigenvalue weighted by atomic mass is 32.1. The number of hydrogen-bond donors (Lipinski definition) is 2. The van der Waals surface area contributed by atoms with Gasteiger partial charge in [-0.25, -0.2) is 4.79 Å². The third-order valence-electron chi connectivity index (χ3n) is 3.02. The summed E-state index contributed by atoms with van der Waals surface area (Å²) in [5, 5.41) is 7.86. The molecule has 1 aromatic heterocycles. The minimum absolute atomic E-state index is 0.00522. The molecule has 1 atom stereocenters. The minimum atomic E-state index is -0.135. The number of nitrogens with one attached hydrogen (secondary N) is 2. The maximum atomic E-state index is 11.8. The van der Waals surface area contributed by atoms with E-state index in [1.165, 1.54) is 10.4 Å². The van der Waals surface area contributed by atoms with Crippen LogP contribution in [0.5, 0.6) is 0 Å². The van der Waals surface area contributed by atoms with Gasteiger partial charge in [0.05, 0.1) is 12.6 Å². The summed E-state index contributed by atoms with van der Waals surface area (Å²) in [7, 11) is 0. The summed E-state index contributed by atoms with van der Waals surface area (Å²) in [6.07, 6.45) is 0. The van der Waals surface area contributed by atoms with Crippen molar-refractivity contribution in [3.8, 4) is 0 Å². The molecule has 3 nitrogen and oxygen atoms in total. The van der Waals surface area contributed by atoms with Crippen LogP contribution < -0.4 is 10.6 Å². The third-order valence-corrected chi connectivity index (χ3v) is 4.05. The lowest BCUT2D eigenvalue weighted by Gasteiger charge is -2.14. The lowest BCUT2D eigenvalue weighted by atomic mass is 10.1. The Morgan fingerprint density at radius 2 is 2.00 bits per heavy atom. The van der Waals surface area contributed by atoms with Crippen LogP contribution in [0.1, 0.15) is 29.0 Å². The highest BCUT2D eigenvalue weighted by Crippen LogP contribution is 2.15. The first-order valence-electron chi connectivity index (χ1n) is 6.29. The zero-order valence-electron chi connectivity index (χ0n) is 11.1. The molecule has 19 heavy (non-hydrogen) atoms. The molecule has 0 saturated carbocycles. The van der Waals surface area contributed by atoms with Crippen LogP contribution in [0.15, 0.2) is 41.8 Å². The number of hydrogen-bond acceptors (Lipinski definition) is 2. The maximum absolute atomic E-state index is 11.8. The van der Waals surface area contributed by atoms with Crippen molar-refractivity contribution in [2.45, 2.75) is 26.4 Å². The lowest BCUT2D eigenvalue weighted by Crippen LogP contribution is -2.36. The molecule has 100 valence electrons. The number of urea groups is 1. The van der Waals surface area contributed by atoms with Crippen molar-refractivity contribution in [3.63, 3.8) is 0 Å². The van der Waals surface area contributed by atoms with Gasteiger partial charge in [-0.1, -0.05) is 30.3 Å². The van der Waals surface area contributed by atoms with Crippen molar-refractivity contribution in [1.82, 2.24) is 10.6 Å². The SMILES string of the molecule is Cc1ccsc1CNC(=O)NC(C)c1ccccc1. The molecule has 0 radical (unpaired) electrons. The molecular formula is C15H18N2OS. The molecule has 2 aromatic rings. The largest absolute Gasteiger partial charge is 0.333 e. The van der Waals surface area contributed by atoms with E-state index in [-0.39, 0.29) is 12.1 Å². The molecule has 0 fully saturated rings. The highest BCUT2D eigenvalue weighted by molar-refractivity contribution is 7.10. The van der Waals surface area contributed by atoms with Gasteiger partial charge in [0.25, 0.3) is 0 Å². The summed E-state index contributed by atoms with van der Waals surface area (Å²) in [5.41, 5.74) is 2.33. The van der Waals surface area contributed by atoms with Crippen molar-refractivity contribution >= 4 is 17.4 Å². The van der Waals surface area contributed by atoms with Gasteiger partial charge >= 0.3 is 6.03 Å². The molecule has 1 heterocycles. The lowest BCUT2D eigenvalue weighted by molar-refractivity contribution is 0.237. The van der Waals surface area contributed by atoms with Crippen LogP contribution in [0.25, 0.3) is 0 Å². The Morgan fingerprint density at radius 3 is 2.63 bits per heavy atom. The van der Waals surface area contributed by atoms with Gasteiger partial charge in [-0.2, -0.15) is 0 Å². The number of aryl methyl sites for hydroxylation is 1. The average Bonchev–Trinajstić information content (AvgIpc) is 2.83. The second kappa shape index (κ2) is 6.38. The second-order valence-electron chi connectivity index (χ2n) is 4.49. The van der Waals surface area contributed by atoms with Crippen molar-refractivity contribution in [3.05, 3.63) is 57.8 Å². The molecule has 0 aliphatic rings. The van der Waals surface area contributed by atoms with Crippen LogP contribution in [0.3, 0.4) is 0 Å². The molecule has 4 heteroatoms. The van der Waals surface area contributed by atoms with E-state index in [1.807, 2.05) is 42.6 Å². The third kappa shape index (κ3) is 3.83. The van der Waals surface area contributed by atoms with Gasteiger partial charge in [-0.3, -0.25) is 0 Å². The molecule has 0 bridgehead atoms. The number of carbonyl (C=O) groups is 1. The van der Waals surface area contributed by atoms with Gasteiger partial charge in [0.15, 0.2) is 0 Å². The van der Waals surface area contributed by atoms with Crippen LogP contribution in [-0.4, -0.2) is 6.03 Å². The second-order valence-corrected chi connectivity index (χ2v) is 5.49. The topological polar surface area (TPSA) is 41.1 Å². The predicted molar refractivity (Wildman–Crippen MR) is 79.3 cm³/mol. The number of benzene rings is 1. The van der Waals surface area contributed by atoms with Gasteiger partial charge in [-0.15, -0.1) is 11.3 Å². The molecule has 0 aliphatic heterocycles. The van der Waals surface area contributed by atoms with E-state index in [2.05, 4.69) is 23.6 Å². The van der Waals surface area contributed by atoms with E-state index in [9.17, 15) is 4.79 Å². The molecule has 0 spiro atoms. The summed E-state index contributed by atoms with van der Waals surface area (Å²) in [5.74, 6) is 0. The van der Waals surface area contributed by atoms with Crippen LogP contribution in [0.2, 0.25) is 0 Å². The molecule has 2 N–H and O–H groups in total. The van der Waals surface area contributed by atoms with Crippen LogP contribution in [0, 0.1) is 6.92 Å². The monoisotopic (exact) mass is 274 g/mol. The Kier molecular flexibility index (Phi) is 4.58. The zero-order chi connectivity index (χ0) is 13.7. The highest BCUT2D eigenvalue weighted by Gasteiger charge is 2.09. The Morgan fingerprint density at radius 1 is 1.26 bits per heavy atom. The Bertz CT molecular complexity index is 536. The molecule has 2 rings (SSSR count). The first-order valence-corrected chi connectivity index (χ1v) is 7.17. The number of amides is 2. The van der Waals surface area contributed by atoms with E-state index in [4.69, 9.17) is 0 Å². The summed E-state index contributed by atoms with van der Waals surface area (Å²) < 4.78 is 0. The maximum Gasteiger partial charge on any atom is 0.315 e. The fourth-order valence-electron chi connectivity index (χ4n) is 1.82. The summed E-state index contributed by atoms with van der Waals surface area (Å²) in [6.45, 7) is 4.61. The van der Waals surface area contributed by atoms with Crippen molar-refractivity contribution in [2.24, 2.45) is 0 Å². The molecule has 2 amide bonds. The molecule has 0 saturated heterocycles. The van der Waals surface area contributed by atoms with Crippen LogP contribution in [-0.2, 0) is 6.54 Å². The van der Waals surface area contributed by atoms with E-state index in [0.29, 0.717) is 6.54 Å². The minimum Gasteiger partial charge on any atom is -0.333 e. The fraction of sp³-hybridized carbons (Fsp3) is 0.267. The van der Waals surface area contributed by atoms with Crippen LogP contribution in [0.4, 0.5) is 4.79 Å². The van der Waals surface area contributed by atoms with E-state index < -0.39 is 0 Å². The van der Waals surface area contributed by atoms with Crippen molar-refractivity contribution in [1.29, 1.82) is 0 Å². The normalized spacial score (nSPS) is 11.9. The standard InChI is InChI=1S/C15H18N2OS/c1-11-8-9-19-14(11)10-16-15(18)17-12(2)13-6-4-3-5-7-13/h3-9,12H,10H2,1-2H3,(H2,16,17,18). The Hall–Kier alpha value is -1.81. The van der Waals surface area contributed by atoms with E-state index in [1.54, 1.807) is 11.3 Å². The summed E-state index contributed by atoms with van der Waals surface area (Å²) in [6, 6.07) is 11.9. The van der Waals surface area contributed by atoms with E-state index >= 15 is 0 Å². The van der Waals surface area contributed by atoms with Crippen molar-refractivity contribution < 1.29 is 4.79 Å². The van der Waals surface area contributed by atoms with Gasteiger partial charge in [0, 0.05) is 4.88 Å². The summed E-state index contributed by atoms with van der Waals surface area (Å²) >= 11 is 1.66. The zero-order valence-corrected chi connectivity index (χ0v) is 12.0. The van der Waals surface area contributed by atoms with Crippen molar-refractivity contribution in [2.75, 3.05) is 0 Å². The van der Waals surface area contributed by atoms with Gasteiger partial charge in [0.2, 0.25) is 0 Å². The first kappa shape index (κ1) is 13.6. The van der Waals surface area contributed by atoms with Gasteiger partial charge in [0.1, 0.15) is 0 Å². The molecular weight excluding hydrogens is 256 g/mol. The molecule has 1 aromatic carbocycles. The number of carbonyl (C=O) groups excluding carboxylic acids is 1. The fourth-order valence-corrected chi connectivity index (χ4v) is 2.66. The first-order chi connectivity index (χ1) is 9.16. The summed E-state index contributed by atoms with van der Waals surface area (Å²) in [4.78, 5) is 13.0. The smallest absolute Gasteiger partial charge is 0.315 e. The van der Waals surface area contributed by atoms with Crippen LogP contribution >= 0.6 is 11.3 Å². The average molecular weight is 274 g/mol. The molecule has 0 aliphatic carbocycles. The van der Waals surface area contributed by atoms with E-state index in [0.717, 1.165) is 5.56 Å². The van der Waals surface area contributed by atoms with Gasteiger partial charge < -0.3 is 10.6 Å². The molecule has 1 unspecified atom stereocenters. The Balaban J connectivity index is 1.83. The van der Waals surface area contributed by atoms with Gasteiger partial charge in [-0.05, 0) is 36.4 Å². The number of rotatable bonds is 4.